The standard InChI is InChI=1S/C21H26N2O3/c1-16-10-11-19(26-16)15-22(2)21(25)18-9-6-12-23(14-18)20(24)13-17-7-4-3-5-8-17/h3-5,7-8,10-11,18H,6,9,12-15H2,1-2H3. The molecule has 0 aliphatic carbocycles. The molecule has 1 saturated heterocycles. The Morgan fingerprint density at radius 2 is 1.96 bits per heavy atom. The van der Waals surface area contributed by atoms with Crippen molar-refractivity contribution in [1.29, 1.82) is 0 Å². The molecule has 1 aliphatic rings. The van der Waals surface area contributed by atoms with Gasteiger partial charge in [-0.05, 0) is 37.5 Å². The highest BCUT2D eigenvalue weighted by atomic mass is 16.3. The van der Waals surface area contributed by atoms with Gasteiger partial charge in [-0.25, -0.2) is 0 Å². The molecule has 1 aromatic heterocycles. The van der Waals surface area contributed by atoms with Crippen molar-refractivity contribution in [2.75, 3.05) is 20.1 Å². The number of carbonyl (C=O) groups excluding carboxylic acids is 2. The predicted molar refractivity (Wildman–Crippen MR) is 99.4 cm³/mol. The highest BCUT2D eigenvalue weighted by Crippen LogP contribution is 2.20. The number of hydrogen-bond acceptors (Lipinski definition) is 3. The van der Waals surface area contributed by atoms with Gasteiger partial charge in [0.15, 0.2) is 0 Å². The molecule has 1 unspecified atom stereocenters. The van der Waals surface area contributed by atoms with Crippen molar-refractivity contribution in [3.05, 3.63) is 59.5 Å². The third-order valence-corrected chi connectivity index (χ3v) is 4.89. The van der Waals surface area contributed by atoms with E-state index in [-0.39, 0.29) is 17.7 Å². The van der Waals surface area contributed by atoms with Crippen LogP contribution in [0.4, 0.5) is 0 Å². The topological polar surface area (TPSA) is 53.8 Å². The molecule has 5 heteroatoms. The summed E-state index contributed by atoms with van der Waals surface area (Å²) in [5.41, 5.74) is 1.01. The first kappa shape index (κ1) is 18.2. The fraction of sp³-hybridized carbons (Fsp3) is 0.429. The maximum absolute atomic E-state index is 12.8. The second kappa shape index (κ2) is 8.21. The lowest BCUT2D eigenvalue weighted by atomic mass is 9.96. The van der Waals surface area contributed by atoms with E-state index in [1.807, 2.05) is 54.3 Å². The fourth-order valence-corrected chi connectivity index (χ4v) is 3.48. The minimum Gasteiger partial charge on any atom is -0.464 e. The van der Waals surface area contributed by atoms with Crippen LogP contribution >= 0.6 is 0 Å². The van der Waals surface area contributed by atoms with Crippen LogP contribution in [0.15, 0.2) is 46.9 Å². The Morgan fingerprint density at radius 3 is 2.65 bits per heavy atom. The lowest BCUT2D eigenvalue weighted by Crippen LogP contribution is -2.46. The molecule has 0 spiro atoms. The molecule has 1 atom stereocenters. The molecule has 0 N–H and O–H groups in total. The van der Waals surface area contributed by atoms with Crippen LogP contribution in [0.25, 0.3) is 0 Å². The molecule has 1 fully saturated rings. The van der Waals surface area contributed by atoms with E-state index in [9.17, 15) is 9.59 Å². The normalized spacial score (nSPS) is 17.2. The number of benzene rings is 1. The molecular weight excluding hydrogens is 328 g/mol. The summed E-state index contributed by atoms with van der Waals surface area (Å²) < 4.78 is 5.56. The molecule has 26 heavy (non-hydrogen) atoms. The fourth-order valence-electron chi connectivity index (χ4n) is 3.48. The number of piperidine rings is 1. The van der Waals surface area contributed by atoms with Gasteiger partial charge in [0.05, 0.1) is 18.9 Å². The summed E-state index contributed by atoms with van der Waals surface area (Å²) in [7, 11) is 1.80. The molecule has 138 valence electrons. The SMILES string of the molecule is Cc1ccc(CN(C)C(=O)C2CCCN(C(=O)Cc3ccccc3)C2)o1. The minimum absolute atomic E-state index is 0.0799. The van der Waals surface area contributed by atoms with Gasteiger partial charge in [-0.15, -0.1) is 0 Å². The van der Waals surface area contributed by atoms with Crippen molar-refractivity contribution in [2.45, 2.75) is 32.7 Å². The Kier molecular flexibility index (Phi) is 5.76. The van der Waals surface area contributed by atoms with E-state index in [4.69, 9.17) is 4.42 Å². The van der Waals surface area contributed by atoms with Crippen molar-refractivity contribution < 1.29 is 14.0 Å². The Labute approximate surface area is 154 Å². The average Bonchev–Trinajstić information content (AvgIpc) is 3.06. The zero-order valence-corrected chi connectivity index (χ0v) is 15.5. The highest BCUT2D eigenvalue weighted by molar-refractivity contribution is 5.82. The van der Waals surface area contributed by atoms with E-state index in [2.05, 4.69) is 0 Å². The molecule has 1 aromatic carbocycles. The molecule has 1 aliphatic heterocycles. The van der Waals surface area contributed by atoms with Crippen molar-refractivity contribution in [3.8, 4) is 0 Å². The molecule has 0 bridgehead atoms. The number of likely N-dealkylation sites (tertiary alicyclic amines) is 1. The largest absolute Gasteiger partial charge is 0.464 e. The zero-order valence-electron chi connectivity index (χ0n) is 15.5. The van der Waals surface area contributed by atoms with E-state index in [1.165, 1.54) is 0 Å². The first-order chi connectivity index (χ1) is 12.5. The van der Waals surface area contributed by atoms with Gasteiger partial charge in [0.25, 0.3) is 0 Å². The zero-order chi connectivity index (χ0) is 18.5. The Morgan fingerprint density at radius 1 is 1.19 bits per heavy atom. The summed E-state index contributed by atoms with van der Waals surface area (Å²) in [5.74, 6) is 1.67. The Balaban J connectivity index is 1.56. The molecule has 5 nitrogen and oxygen atoms in total. The predicted octanol–water partition coefficient (Wildman–Crippen LogP) is 3.03. The molecule has 2 heterocycles. The van der Waals surface area contributed by atoms with Crippen molar-refractivity contribution >= 4 is 11.8 Å². The van der Waals surface area contributed by atoms with Crippen LogP contribution in [0, 0.1) is 12.8 Å². The average molecular weight is 354 g/mol. The summed E-state index contributed by atoms with van der Waals surface area (Å²) in [6, 6.07) is 13.5. The van der Waals surface area contributed by atoms with Gasteiger partial charge in [0.1, 0.15) is 11.5 Å². The minimum atomic E-state index is -0.135. The second-order valence-electron chi connectivity index (χ2n) is 7.05. The Hall–Kier alpha value is -2.56. The summed E-state index contributed by atoms with van der Waals surface area (Å²) in [6.45, 7) is 3.59. The van der Waals surface area contributed by atoms with Gasteiger partial charge in [-0.1, -0.05) is 30.3 Å². The number of aryl methyl sites for hydroxylation is 1. The Bertz CT molecular complexity index is 754. The number of nitrogens with zero attached hydrogens (tertiary/aromatic N) is 2. The van der Waals surface area contributed by atoms with Crippen LogP contribution < -0.4 is 0 Å². The monoisotopic (exact) mass is 354 g/mol. The number of hydrogen-bond donors (Lipinski definition) is 0. The maximum atomic E-state index is 12.8. The third-order valence-electron chi connectivity index (χ3n) is 4.89. The summed E-state index contributed by atoms with van der Waals surface area (Å²) in [6.07, 6.45) is 2.09. The van der Waals surface area contributed by atoms with Gasteiger partial charge < -0.3 is 14.2 Å². The van der Waals surface area contributed by atoms with Crippen molar-refractivity contribution in [3.63, 3.8) is 0 Å². The summed E-state index contributed by atoms with van der Waals surface area (Å²) in [4.78, 5) is 28.9. The van der Waals surface area contributed by atoms with Crippen LogP contribution in [-0.4, -0.2) is 41.8 Å². The maximum Gasteiger partial charge on any atom is 0.227 e. The second-order valence-corrected chi connectivity index (χ2v) is 7.05. The summed E-state index contributed by atoms with van der Waals surface area (Å²) >= 11 is 0. The quantitative estimate of drug-likeness (QED) is 0.829. The van der Waals surface area contributed by atoms with Crippen molar-refractivity contribution in [1.82, 2.24) is 9.80 Å². The molecule has 0 saturated carbocycles. The lowest BCUT2D eigenvalue weighted by molar-refractivity contribution is -0.140. The number of amides is 2. The number of furan rings is 1. The van der Waals surface area contributed by atoms with E-state index < -0.39 is 0 Å². The molecule has 3 rings (SSSR count). The number of carbonyl (C=O) groups is 2. The van der Waals surface area contributed by atoms with Crippen LogP contribution in [-0.2, 0) is 22.6 Å². The van der Waals surface area contributed by atoms with E-state index in [1.54, 1.807) is 11.9 Å². The van der Waals surface area contributed by atoms with Gasteiger partial charge in [-0.2, -0.15) is 0 Å². The molecule has 0 radical (unpaired) electrons. The van der Waals surface area contributed by atoms with Gasteiger partial charge in [-0.3, -0.25) is 9.59 Å². The van der Waals surface area contributed by atoms with Gasteiger partial charge >= 0.3 is 0 Å². The van der Waals surface area contributed by atoms with Crippen LogP contribution in [0.5, 0.6) is 0 Å². The first-order valence-electron chi connectivity index (χ1n) is 9.15. The van der Waals surface area contributed by atoms with Crippen LogP contribution in [0.2, 0.25) is 0 Å². The molecular formula is C21H26N2O3. The summed E-state index contributed by atoms with van der Waals surface area (Å²) in [5, 5.41) is 0. The van der Waals surface area contributed by atoms with Crippen LogP contribution in [0.1, 0.15) is 29.9 Å². The molecule has 2 aromatic rings. The molecule has 2 amide bonds. The third kappa shape index (κ3) is 4.54. The number of rotatable bonds is 5. The smallest absolute Gasteiger partial charge is 0.227 e. The first-order valence-corrected chi connectivity index (χ1v) is 9.15. The van der Waals surface area contributed by atoms with Crippen LogP contribution in [0.3, 0.4) is 0 Å². The van der Waals surface area contributed by atoms with Crippen molar-refractivity contribution in [2.24, 2.45) is 5.92 Å². The van der Waals surface area contributed by atoms with Gasteiger partial charge in [0.2, 0.25) is 11.8 Å². The van der Waals surface area contributed by atoms with Gasteiger partial charge in [0, 0.05) is 20.1 Å². The highest BCUT2D eigenvalue weighted by Gasteiger charge is 2.30. The van der Waals surface area contributed by atoms with E-state index in [0.29, 0.717) is 19.5 Å². The van der Waals surface area contributed by atoms with E-state index in [0.717, 1.165) is 36.5 Å². The lowest BCUT2D eigenvalue weighted by Gasteiger charge is -2.34. The van der Waals surface area contributed by atoms with E-state index >= 15 is 0 Å².